The van der Waals surface area contributed by atoms with E-state index in [0.717, 1.165) is 31.2 Å². The summed E-state index contributed by atoms with van der Waals surface area (Å²) in [5, 5.41) is 9.59. The Morgan fingerprint density at radius 1 is 1.14 bits per heavy atom. The van der Waals surface area contributed by atoms with E-state index in [1.807, 2.05) is 0 Å². The third-order valence-corrected chi connectivity index (χ3v) is 5.95. The number of aromatic carboxylic acids is 1. The summed E-state index contributed by atoms with van der Waals surface area (Å²) in [6, 6.07) is 7.32. The maximum absolute atomic E-state index is 13.1. The second-order valence-electron chi connectivity index (χ2n) is 7.06. The van der Waals surface area contributed by atoms with Crippen LogP contribution in [0.2, 0.25) is 0 Å². The molecule has 0 spiro atoms. The van der Waals surface area contributed by atoms with Crippen molar-refractivity contribution in [2.24, 2.45) is 0 Å². The van der Waals surface area contributed by atoms with Crippen LogP contribution < -0.4 is 5.43 Å². The molecule has 6 nitrogen and oxygen atoms in total. The summed E-state index contributed by atoms with van der Waals surface area (Å²) in [7, 11) is -3.02. The van der Waals surface area contributed by atoms with Gasteiger partial charge in [0.1, 0.15) is 11.2 Å². The largest absolute Gasteiger partial charge is 0.478 e. The average molecular weight is 401 g/mol. The molecule has 1 atom stereocenters. The number of rotatable bonds is 7. The van der Waals surface area contributed by atoms with E-state index < -0.39 is 15.7 Å². The van der Waals surface area contributed by atoms with Crippen LogP contribution in [-0.2, 0) is 16.1 Å². The van der Waals surface area contributed by atoms with Gasteiger partial charge >= 0.3 is 5.97 Å². The van der Waals surface area contributed by atoms with Crippen LogP contribution in [0, 0.1) is 4.78 Å². The van der Waals surface area contributed by atoms with Crippen molar-refractivity contribution in [2.45, 2.75) is 43.9 Å². The Bertz CT molecular complexity index is 1220. The molecule has 0 aliphatic heterocycles. The summed E-state index contributed by atoms with van der Waals surface area (Å²) in [6.07, 6.45) is 6.11. The van der Waals surface area contributed by atoms with Crippen molar-refractivity contribution in [1.29, 1.82) is 4.78 Å². The fraction of sp³-hybridized carbons (Fsp3) is 0.333. The van der Waals surface area contributed by atoms with Gasteiger partial charge in [0.25, 0.3) is 0 Å². The molecule has 3 rings (SSSR count). The van der Waals surface area contributed by atoms with Crippen molar-refractivity contribution in [1.82, 2.24) is 0 Å². The minimum atomic E-state index is -3.02. The van der Waals surface area contributed by atoms with E-state index in [2.05, 4.69) is 6.92 Å². The Hall–Kier alpha value is -2.67. The van der Waals surface area contributed by atoms with E-state index in [9.17, 15) is 18.9 Å². The number of carboxylic acid groups (broad SMARTS) is 1. The summed E-state index contributed by atoms with van der Waals surface area (Å²) < 4.78 is 26.2. The van der Waals surface area contributed by atoms with E-state index in [1.54, 1.807) is 6.07 Å². The Morgan fingerprint density at radius 2 is 1.89 bits per heavy atom. The number of aryl methyl sites for hydroxylation is 1. The van der Waals surface area contributed by atoms with Crippen molar-refractivity contribution < 1.29 is 18.5 Å². The smallest absolute Gasteiger partial charge is 0.335 e. The lowest BCUT2D eigenvalue weighted by atomic mass is 10.0. The zero-order valence-corrected chi connectivity index (χ0v) is 16.7. The number of unbranched alkanes of at least 4 members (excludes halogenated alkanes) is 3. The fourth-order valence-corrected chi connectivity index (χ4v) is 4.00. The number of hydrogen-bond donors (Lipinski definition) is 2. The van der Waals surface area contributed by atoms with Crippen LogP contribution in [0.3, 0.4) is 0 Å². The Morgan fingerprint density at radius 3 is 2.54 bits per heavy atom. The van der Waals surface area contributed by atoms with Gasteiger partial charge in [-0.15, -0.1) is 0 Å². The SMILES string of the molecule is CCCCCCc1cc(S(C)(=N)=O)cc2c(=O)c3cc(C(=O)O)ccc3oc12. The third kappa shape index (κ3) is 3.94. The van der Waals surface area contributed by atoms with Crippen LogP contribution in [0.25, 0.3) is 21.9 Å². The molecule has 1 unspecified atom stereocenters. The molecule has 2 aromatic carbocycles. The summed E-state index contributed by atoms with van der Waals surface area (Å²) >= 11 is 0. The van der Waals surface area contributed by atoms with Crippen LogP contribution in [0.4, 0.5) is 0 Å². The van der Waals surface area contributed by atoms with Gasteiger partial charge in [-0.2, -0.15) is 0 Å². The predicted molar refractivity (Wildman–Crippen MR) is 110 cm³/mol. The average Bonchev–Trinajstić information content (AvgIpc) is 2.64. The topological polar surface area (TPSA) is 108 Å². The van der Waals surface area contributed by atoms with E-state index >= 15 is 0 Å². The molecule has 1 heterocycles. The fourth-order valence-electron chi connectivity index (χ4n) is 3.29. The van der Waals surface area contributed by atoms with Crippen molar-refractivity contribution >= 4 is 37.6 Å². The van der Waals surface area contributed by atoms with Crippen LogP contribution in [0.5, 0.6) is 0 Å². The maximum Gasteiger partial charge on any atom is 0.335 e. The maximum atomic E-state index is 13.1. The van der Waals surface area contributed by atoms with Gasteiger partial charge in [-0.1, -0.05) is 26.2 Å². The van der Waals surface area contributed by atoms with E-state index in [4.69, 9.17) is 9.20 Å². The Balaban J connectivity index is 2.28. The summed E-state index contributed by atoms with van der Waals surface area (Å²) in [6.45, 7) is 2.12. The monoisotopic (exact) mass is 401 g/mol. The molecule has 0 fully saturated rings. The van der Waals surface area contributed by atoms with Crippen LogP contribution in [0.15, 0.2) is 44.4 Å². The summed E-state index contributed by atoms with van der Waals surface area (Å²) in [4.78, 5) is 24.6. The first-order valence-electron chi connectivity index (χ1n) is 9.23. The van der Waals surface area contributed by atoms with Gasteiger partial charge < -0.3 is 9.52 Å². The lowest BCUT2D eigenvalue weighted by Gasteiger charge is -2.11. The van der Waals surface area contributed by atoms with Gasteiger partial charge in [-0.05, 0) is 48.7 Å². The molecule has 28 heavy (non-hydrogen) atoms. The Labute approximate surface area is 163 Å². The zero-order chi connectivity index (χ0) is 20.5. The standard InChI is InChI=1S/C21H23NO5S/c1-3-4-5-6-7-13-10-15(28(2,22)26)12-17-19(23)16-11-14(21(24)25)8-9-18(16)27-20(13)17/h8-12,22H,3-7H2,1-2H3,(H,24,25). The number of benzene rings is 2. The van der Waals surface area contributed by atoms with Gasteiger partial charge in [0.2, 0.25) is 5.43 Å². The number of fused-ring (bicyclic) bond motifs is 2. The van der Waals surface area contributed by atoms with Crippen molar-refractivity contribution in [3.63, 3.8) is 0 Å². The molecule has 0 radical (unpaired) electrons. The lowest BCUT2D eigenvalue weighted by Crippen LogP contribution is -2.08. The van der Waals surface area contributed by atoms with E-state index in [-0.39, 0.29) is 26.7 Å². The van der Waals surface area contributed by atoms with Gasteiger partial charge in [-0.25, -0.2) is 13.8 Å². The second kappa shape index (κ2) is 7.75. The Kier molecular flexibility index (Phi) is 5.56. The molecule has 148 valence electrons. The summed E-state index contributed by atoms with van der Waals surface area (Å²) in [5.74, 6) is -1.13. The van der Waals surface area contributed by atoms with E-state index in [0.29, 0.717) is 17.6 Å². The zero-order valence-electron chi connectivity index (χ0n) is 15.9. The first kappa shape index (κ1) is 20.1. The summed E-state index contributed by atoms with van der Waals surface area (Å²) in [5.41, 5.74) is 1.11. The molecule has 0 saturated heterocycles. The molecule has 2 N–H and O–H groups in total. The molecule has 0 saturated carbocycles. The minimum absolute atomic E-state index is 0.00475. The predicted octanol–water partition coefficient (Wildman–Crippen LogP) is 4.80. The van der Waals surface area contributed by atoms with Gasteiger partial charge in [0, 0.05) is 11.2 Å². The normalized spacial score (nSPS) is 13.6. The molecule has 0 aliphatic rings. The number of carbonyl (C=O) groups is 1. The third-order valence-electron chi connectivity index (χ3n) is 4.82. The second-order valence-corrected chi connectivity index (χ2v) is 9.22. The minimum Gasteiger partial charge on any atom is -0.478 e. The highest BCUT2D eigenvalue weighted by Crippen LogP contribution is 2.27. The van der Waals surface area contributed by atoms with Crippen molar-refractivity contribution in [3.8, 4) is 0 Å². The molecule has 0 bridgehead atoms. The first-order valence-corrected chi connectivity index (χ1v) is 11.2. The van der Waals surface area contributed by atoms with Gasteiger partial charge in [0.15, 0.2) is 0 Å². The van der Waals surface area contributed by atoms with Crippen LogP contribution in [-0.4, -0.2) is 21.5 Å². The highest BCUT2D eigenvalue weighted by Gasteiger charge is 2.17. The molecule has 3 aromatic rings. The first-order chi connectivity index (χ1) is 13.2. The molecule has 7 heteroatoms. The van der Waals surface area contributed by atoms with Crippen LogP contribution >= 0.6 is 0 Å². The van der Waals surface area contributed by atoms with Crippen molar-refractivity contribution in [3.05, 3.63) is 51.7 Å². The quantitative estimate of drug-likeness (QED) is 0.436. The molecular weight excluding hydrogens is 378 g/mol. The highest BCUT2D eigenvalue weighted by atomic mass is 32.2. The number of carboxylic acids is 1. The molecule has 0 amide bonds. The van der Waals surface area contributed by atoms with Gasteiger partial charge in [-0.3, -0.25) is 4.79 Å². The van der Waals surface area contributed by atoms with E-state index in [1.165, 1.54) is 30.5 Å². The highest BCUT2D eigenvalue weighted by molar-refractivity contribution is 7.91. The van der Waals surface area contributed by atoms with Crippen molar-refractivity contribution in [2.75, 3.05) is 6.26 Å². The number of hydrogen-bond acceptors (Lipinski definition) is 5. The van der Waals surface area contributed by atoms with Gasteiger partial charge in [0.05, 0.1) is 26.1 Å². The lowest BCUT2D eigenvalue weighted by molar-refractivity contribution is 0.0697. The number of nitrogens with one attached hydrogen (secondary N) is 1. The molecular formula is C21H23NO5S. The molecule has 1 aromatic heterocycles. The van der Waals surface area contributed by atoms with Crippen LogP contribution in [0.1, 0.15) is 48.5 Å². The molecule has 0 aliphatic carbocycles.